The number of aromatic nitrogens is 2. The largest absolute Gasteiger partial charge is 0.338 e. The summed E-state index contributed by atoms with van der Waals surface area (Å²) in [5, 5.41) is 0.881. The fourth-order valence-corrected chi connectivity index (χ4v) is 4.38. The van der Waals surface area contributed by atoms with Crippen LogP contribution in [-0.2, 0) is 0 Å². The van der Waals surface area contributed by atoms with Crippen molar-refractivity contribution in [1.29, 1.82) is 0 Å². The van der Waals surface area contributed by atoms with Crippen molar-refractivity contribution in [2.45, 2.75) is 20.8 Å². The average Bonchev–Trinajstić information content (AvgIpc) is 2.95. The third-order valence-electron chi connectivity index (χ3n) is 4.39. The Balaban J connectivity index is 2.27. The summed E-state index contributed by atoms with van der Waals surface area (Å²) in [6.45, 7) is 6.63. The first-order valence-electron chi connectivity index (χ1n) is 8.33. The Morgan fingerprint density at radius 3 is 2.44 bits per heavy atom. The number of halogens is 2. The van der Waals surface area contributed by atoms with Crippen molar-refractivity contribution in [3.05, 3.63) is 59.5 Å². The number of benzene rings is 1. The van der Waals surface area contributed by atoms with Crippen LogP contribution in [0.4, 0.5) is 0 Å². The first kappa shape index (κ1) is 19.7. The summed E-state index contributed by atoms with van der Waals surface area (Å²) in [4.78, 5) is 43.5. The molecule has 1 aromatic carbocycles. The summed E-state index contributed by atoms with van der Waals surface area (Å²) in [6, 6.07) is 4.52. The van der Waals surface area contributed by atoms with Gasteiger partial charge >= 0.3 is 5.69 Å². The molecule has 0 aliphatic heterocycles. The van der Waals surface area contributed by atoms with Gasteiger partial charge in [0, 0.05) is 13.1 Å². The number of aryl methyl sites for hydroxylation is 1. The van der Waals surface area contributed by atoms with E-state index in [1.165, 1.54) is 12.1 Å². The van der Waals surface area contributed by atoms with Crippen LogP contribution in [0.15, 0.2) is 27.8 Å². The van der Waals surface area contributed by atoms with Crippen molar-refractivity contribution in [1.82, 2.24) is 14.5 Å². The van der Waals surface area contributed by atoms with E-state index in [-0.39, 0.29) is 10.9 Å². The van der Waals surface area contributed by atoms with Crippen LogP contribution in [0, 0.1) is 6.92 Å². The van der Waals surface area contributed by atoms with Crippen LogP contribution in [0.5, 0.6) is 0 Å². The molecule has 0 aliphatic rings. The second kappa shape index (κ2) is 7.50. The fraction of sp³-hybridized carbons (Fsp3) is 0.278. The first-order chi connectivity index (χ1) is 12.8. The Kier molecular flexibility index (Phi) is 5.46. The number of hydrogen-bond donors (Lipinski definition) is 1. The number of nitrogens with zero attached hydrogens (tertiary/aromatic N) is 2. The van der Waals surface area contributed by atoms with Crippen LogP contribution in [0.25, 0.3) is 15.9 Å². The minimum absolute atomic E-state index is 0.153. The van der Waals surface area contributed by atoms with Crippen molar-refractivity contribution in [3.63, 3.8) is 0 Å². The summed E-state index contributed by atoms with van der Waals surface area (Å²) in [5.74, 6) is -0.153. The topological polar surface area (TPSA) is 75.2 Å². The molecule has 9 heteroatoms. The maximum absolute atomic E-state index is 13.1. The second-order valence-corrected chi connectivity index (χ2v) is 7.74. The second-order valence-electron chi connectivity index (χ2n) is 5.91. The quantitative estimate of drug-likeness (QED) is 0.689. The molecule has 6 nitrogen and oxygen atoms in total. The van der Waals surface area contributed by atoms with E-state index in [1.807, 2.05) is 13.8 Å². The van der Waals surface area contributed by atoms with Crippen LogP contribution >= 0.6 is 34.5 Å². The van der Waals surface area contributed by atoms with Crippen LogP contribution in [0.3, 0.4) is 0 Å². The van der Waals surface area contributed by atoms with E-state index in [4.69, 9.17) is 23.2 Å². The van der Waals surface area contributed by atoms with Gasteiger partial charge in [-0.2, -0.15) is 0 Å². The van der Waals surface area contributed by atoms with Gasteiger partial charge in [0.25, 0.3) is 11.5 Å². The average molecular weight is 426 g/mol. The summed E-state index contributed by atoms with van der Waals surface area (Å²) in [5.41, 5.74) is -0.241. The highest BCUT2D eigenvalue weighted by atomic mass is 35.5. The molecule has 0 bridgehead atoms. The Hall–Kier alpha value is -2.09. The van der Waals surface area contributed by atoms with E-state index in [2.05, 4.69) is 4.98 Å². The molecular formula is C18H17Cl2N3O3S. The molecule has 1 amide bonds. The molecule has 2 aromatic heterocycles. The lowest BCUT2D eigenvalue weighted by Crippen LogP contribution is -2.33. The lowest BCUT2D eigenvalue weighted by molar-refractivity contribution is 0.0777. The Labute approximate surface area is 169 Å². The van der Waals surface area contributed by atoms with E-state index in [1.54, 1.807) is 17.9 Å². The van der Waals surface area contributed by atoms with Gasteiger partial charge in [-0.05, 0) is 44.5 Å². The van der Waals surface area contributed by atoms with Crippen molar-refractivity contribution in [3.8, 4) is 5.69 Å². The predicted molar refractivity (Wildman–Crippen MR) is 110 cm³/mol. The molecule has 2 heterocycles. The molecule has 0 saturated heterocycles. The smallest absolute Gasteiger partial charge is 0.334 e. The number of nitrogens with one attached hydrogen (secondary N) is 1. The SMILES string of the molecule is CCN(CC)C(=O)c1sc2[nH]c(=O)n(-c3ccc(Cl)c(Cl)c3)c(=O)c2c1C. The summed E-state index contributed by atoms with van der Waals surface area (Å²) < 4.78 is 0.996. The molecule has 142 valence electrons. The highest BCUT2D eigenvalue weighted by molar-refractivity contribution is 7.20. The van der Waals surface area contributed by atoms with E-state index in [0.29, 0.717) is 44.5 Å². The maximum atomic E-state index is 13.1. The molecule has 0 spiro atoms. The normalized spacial score (nSPS) is 11.1. The molecule has 3 rings (SSSR count). The molecule has 1 N–H and O–H groups in total. The lowest BCUT2D eigenvalue weighted by Gasteiger charge is -2.17. The molecule has 0 unspecified atom stereocenters. The number of amides is 1. The Morgan fingerprint density at radius 2 is 1.85 bits per heavy atom. The summed E-state index contributed by atoms with van der Waals surface area (Å²) in [7, 11) is 0. The van der Waals surface area contributed by atoms with Crippen LogP contribution in [-0.4, -0.2) is 33.4 Å². The fourth-order valence-electron chi connectivity index (χ4n) is 2.93. The zero-order valence-electron chi connectivity index (χ0n) is 14.9. The highest BCUT2D eigenvalue weighted by Crippen LogP contribution is 2.28. The number of H-pyrrole nitrogens is 1. The monoisotopic (exact) mass is 425 g/mol. The van der Waals surface area contributed by atoms with Gasteiger partial charge in [0.2, 0.25) is 0 Å². The van der Waals surface area contributed by atoms with Gasteiger partial charge < -0.3 is 4.90 Å². The van der Waals surface area contributed by atoms with Gasteiger partial charge in [0.15, 0.2) is 0 Å². The van der Waals surface area contributed by atoms with E-state index in [9.17, 15) is 14.4 Å². The number of aromatic amines is 1. The van der Waals surface area contributed by atoms with Crippen LogP contribution in [0.2, 0.25) is 10.0 Å². The van der Waals surface area contributed by atoms with Crippen molar-refractivity contribution < 1.29 is 4.79 Å². The third-order valence-corrected chi connectivity index (χ3v) is 6.33. The van der Waals surface area contributed by atoms with Gasteiger partial charge in [-0.1, -0.05) is 23.2 Å². The predicted octanol–water partition coefficient (Wildman–Crippen LogP) is 3.84. The number of rotatable bonds is 4. The number of thiophene rings is 1. The zero-order valence-corrected chi connectivity index (χ0v) is 17.3. The lowest BCUT2D eigenvalue weighted by atomic mass is 10.2. The number of hydrogen-bond acceptors (Lipinski definition) is 4. The van der Waals surface area contributed by atoms with E-state index in [0.717, 1.165) is 15.9 Å². The zero-order chi connectivity index (χ0) is 19.9. The van der Waals surface area contributed by atoms with Gasteiger partial charge in [0.1, 0.15) is 4.83 Å². The van der Waals surface area contributed by atoms with Gasteiger partial charge in [-0.15, -0.1) is 11.3 Å². The number of carbonyl (C=O) groups excluding carboxylic acids is 1. The number of carbonyl (C=O) groups is 1. The molecule has 27 heavy (non-hydrogen) atoms. The van der Waals surface area contributed by atoms with Gasteiger partial charge in [0.05, 0.1) is 26.0 Å². The molecule has 3 aromatic rings. The van der Waals surface area contributed by atoms with Crippen molar-refractivity contribution >= 4 is 50.7 Å². The van der Waals surface area contributed by atoms with Crippen molar-refractivity contribution in [2.75, 3.05) is 13.1 Å². The van der Waals surface area contributed by atoms with Crippen LogP contribution < -0.4 is 11.2 Å². The van der Waals surface area contributed by atoms with Crippen molar-refractivity contribution in [2.24, 2.45) is 0 Å². The number of fused-ring (bicyclic) bond motifs is 1. The standard InChI is InChI=1S/C18H17Cl2N3O3S/c1-4-22(5-2)17(25)14-9(3)13-15(27-14)21-18(26)23(16(13)24)10-6-7-11(19)12(20)8-10/h6-8H,4-5H2,1-3H3,(H,21,26). The molecule has 0 atom stereocenters. The van der Waals surface area contributed by atoms with E-state index >= 15 is 0 Å². The van der Waals surface area contributed by atoms with E-state index < -0.39 is 11.2 Å². The third kappa shape index (κ3) is 3.31. The molecular weight excluding hydrogens is 409 g/mol. The highest BCUT2D eigenvalue weighted by Gasteiger charge is 2.23. The van der Waals surface area contributed by atoms with Gasteiger partial charge in [-0.25, -0.2) is 9.36 Å². The minimum atomic E-state index is -0.603. The van der Waals surface area contributed by atoms with Crippen LogP contribution in [0.1, 0.15) is 29.1 Å². The van der Waals surface area contributed by atoms with Gasteiger partial charge in [-0.3, -0.25) is 14.6 Å². The molecule has 0 saturated carbocycles. The Morgan fingerprint density at radius 1 is 1.19 bits per heavy atom. The molecule has 0 aliphatic carbocycles. The Bertz CT molecular complexity index is 1160. The summed E-state index contributed by atoms with van der Waals surface area (Å²) in [6.07, 6.45) is 0. The summed E-state index contributed by atoms with van der Waals surface area (Å²) >= 11 is 13.1. The maximum Gasteiger partial charge on any atom is 0.334 e. The minimum Gasteiger partial charge on any atom is -0.338 e. The first-order valence-corrected chi connectivity index (χ1v) is 9.90. The molecule has 0 radical (unpaired) electrons. The molecule has 0 fully saturated rings.